The van der Waals surface area contributed by atoms with E-state index in [1.165, 1.54) is 43.3 Å². The van der Waals surface area contributed by atoms with Gasteiger partial charge in [0.15, 0.2) is 0 Å². The Bertz CT molecular complexity index is 700. The van der Waals surface area contributed by atoms with Crippen LogP contribution in [0.2, 0.25) is 0 Å². The van der Waals surface area contributed by atoms with E-state index >= 15 is 0 Å². The van der Waals surface area contributed by atoms with E-state index in [1.54, 1.807) is 13.0 Å². The first-order chi connectivity index (χ1) is 10.8. The van der Waals surface area contributed by atoms with Crippen molar-refractivity contribution in [3.05, 3.63) is 65.2 Å². The second-order valence-electron chi connectivity index (χ2n) is 5.57. The lowest BCUT2D eigenvalue weighted by Gasteiger charge is -2.24. The fourth-order valence-electron chi connectivity index (χ4n) is 2.06. The summed E-state index contributed by atoms with van der Waals surface area (Å²) in [6.45, 7) is 3.16. The van der Waals surface area contributed by atoms with Crippen LogP contribution in [-0.4, -0.2) is 17.7 Å². The maximum Gasteiger partial charge on any atom is 0.319 e. The predicted octanol–water partition coefficient (Wildman–Crippen LogP) is 3.30. The molecule has 122 valence electrons. The van der Waals surface area contributed by atoms with Crippen LogP contribution in [0.5, 0.6) is 0 Å². The highest BCUT2D eigenvalue weighted by Crippen LogP contribution is 2.20. The van der Waals surface area contributed by atoms with Crippen LogP contribution >= 0.6 is 0 Å². The Labute approximate surface area is 133 Å². The number of aliphatic hydroxyl groups is 1. The van der Waals surface area contributed by atoms with Gasteiger partial charge in [-0.2, -0.15) is 0 Å². The summed E-state index contributed by atoms with van der Waals surface area (Å²) in [5.41, 5.74) is -0.0548. The minimum atomic E-state index is -1.38. The van der Waals surface area contributed by atoms with Crippen molar-refractivity contribution in [1.82, 2.24) is 5.32 Å². The van der Waals surface area contributed by atoms with Crippen molar-refractivity contribution < 1.29 is 18.7 Å². The predicted molar refractivity (Wildman–Crippen MR) is 84.1 cm³/mol. The van der Waals surface area contributed by atoms with Crippen LogP contribution < -0.4 is 10.6 Å². The number of amides is 2. The molecule has 1 atom stereocenters. The van der Waals surface area contributed by atoms with Crippen molar-refractivity contribution in [1.29, 1.82) is 0 Å². The fraction of sp³-hybridized carbons (Fsp3) is 0.235. The molecule has 0 bridgehead atoms. The molecule has 0 fully saturated rings. The van der Waals surface area contributed by atoms with E-state index in [9.17, 15) is 18.7 Å². The molecule has 0 aliphatic heterocycles. The first-order valence-electron chi connectivity index (χ1n) is 7.07. The van der Waals surface area contributed by atoms with Crippen LogP contribution in [0.1, 0.15) is 18.1 Å². The standard InChI is InChI=1S/C17H18F2N2O2/c1-11-3-8-14(19)15(9-11)21-16(22)20-10-17(2,23)12-4-6-13(18)7-5-12/h3-9,23H,10H2,1-2H3,(H2,20,21,22). The number of carbonyl (C=O) groups is 1. The maximum atomic E-state index is 13.6. The SMILES string of the molecule is Cc1ccc(F)c(NC(=O)NCC(C)(O)c2ccc(F)cc2)c1. The number of halogens is 2. The number of aryl methyl sites for hydroxylation is 1. The molecule has 3 N–H and O–H groups in total. The lowest BCUT2D eigenvalue weighted by Crippen LogP contribution is -2.40. The van der Waals surface area contributed by atoms with Crippen molar-refractivity contribution in [3.63, 3.8) is 0 Å². The molecule has 0 radical (unpaired) electrons. The zero-order valence-electron chi connectivity index (χ0n) is 12.9. The van der Waals surface area contributed by atoms with Gasteiger partial charge in [0.05, 0.1) is 12.2 Å². The molecule has 2 amide bonds. The summed E-state index contributed by atoms with van der Waals surface area (Å²) in [6.07, 6.45) is 0. The Morgan fingerprint density at radius 2 is 1.83 bits per heavy atom. The number of hydrogen-bond donors (Lipinski definition) is 3. The summed E-state index contributed by atoms with van der Waals surface area (Å²) in [7, 11) is 0. The van der Waals surface area contributed by atoms with Crippen molar-refractivity contribution in [3.8, 4) is 0 Å². The van der Waals surface area contributed by atoms with Gasteiger partial charge in [0, 0.05) is 0 Å². The zero-order chi connectivity index (χ0) is 17.0. The van der Waals surface area contributed by atoms with Gasteiger partial charge in [-0.1, -0.05) is 18.2 Å². The van der Waals surface area contributed by atoms with Crippen LogP contribution in [0.3, 0.4) is 0 Å². The quantitative estimate of drug-likeness (QED) is 0.809. The zero-order valence-corrected chi connectivity index (χ0v) is 12.9. The summed E-state index contributed by atoms with van der Waals surface area (Å²) < 4.78 is 26.5. The third-order valence-electron chi connectivity index (χ3n) is 3.43. The average Bonchev–Trinajstić information content (AvgIpc) is 2.49. The summed E-state index contributed by atoms with van der Waals surface area (Å²) in [5.74, 6) is -0.957. The number of anilines is 1. The number of nitrogens with one attached hydrogen (secondary N) is 2. The smallest absolute Gasteiger partial charge is 0.319 e. The van der Waals surface area contributed by atoms with Crippen molar-refractivity contribution >= 4 is 11.7 Å². The minimum Gasteiger partial charge on any atom is -0.384 e. The van der Waals surface area contributed by atoms with Gasteiger partial charge in [0.2, 0.25) is 0 Å². The van der Waals surface area contributed by atoms with E-state index in [1.807, 2.05) is 0 Å². The second kappa shape index (κ2) is 6.75. The van der Waals surface area contributed by atoms with Crippen LogP contribution in [0, 0.1) is 18.6 Å². The van der Waals surface area contributed by atoms with E-state index in [2.05, 4.69) is 10.6 Å². The molecule has 0 aliphatic rings. The number of carbonyl (C=O) groups excluding carboxylic acids is 1. The normalized spacial score (nSPS) is 13.3. The Morgan fingerprint density at radius 3 is 2.48 bits per heavy atom. The third-order valence-corrected chi connectivity index (χ3v) is 3.43. The Hall–Kier alpha value is -2.47. The first kappa shape index (κ1) is 16.9. The van der Waals surface area contributed by atoms with Crippen LogP contribution in [0.15, 0.2) is 42.5 Å². The van der Waals surface area contributed by atoms with E-state index in [0.29, 0.717) is 5.56 Å². The third kappa shape index (κ3) is 4.50. The molecule has 0 heterocycles. The molecule has 2 rings (SSSR count). The molecular formula is C17H18F2N2O2. The Morgan fingerprint density at radius 1 is 1.17 bits per heavy atom. The van der Waals surface area contributed by atoms with Gasteiger partial charge >= 0.3 is 6.03 Å². The summed E-state index contributed by atoms with van der Waals surface area (Å²) >= 11 is 0. The number of benzene rings is 2. The average molecular weight is 320 g/mol. The monoisotopic (exact) mass is 320 g/mol. The lowest BCUT2D eigenvalue weighted by atomic mass is 9.96. The first-order valence-corrected chi connectivity index (χ1v) is 7.07. The molecule has 0 spiro atoms. The second-order valence-corrected chi connectivity index (χ2v) is 5.57. The van der Waals surface area contributed by atoms with Gasteiger partial charge in [-0.15, -0.1) is 0 Å². The van der Waals surface area contributed by atoms with Gasteiger partial charge in [0.25, 0.3) is 0 Å². The molecule has 0 aromatic heterocycles. The van der Waals surface area contributed by atoms with Crippen LogP contribution in [-0.2, 0) is 5.60 Å². The number of urea groups is 1. The van der Waals surface area contributed by atoms with E-state index in [4.69, 9.17) is 0 Å². The van der Waals surface area contributed by atoms with Gasteiger partial charge in [-0.3, -0.25) is 0 Å². The molecule has 2 aromatic carbocycles. The molecule has 0 saturated heterocycles. The molecule has 2 aromatic rings. The Balaban J connectivity index is 1.98. The highest BCUT2D eigenvalue weighted by Gasteiger charge is 2.24. The number of hydrogen-bond acceptors (Lipinski definition) is 2. The van der Waals surface area contributed by atoms with E-state index in [-0.39, 0.29) is 12.2 Å². The largest absolute Gasteiger partial charge is 0.384 e. The van der Waals surface area contributed by atoms with Gasteiger partial charge in [0.1, 0.15) is 17.2 Å². The Kier molecular flexibility index (Phi) is 4.95. The maximum absolute atomic E-state index is 13.6. The highest BCUT2D eigenvalue weighted by atomic mass is 19.1. The van der Waals surface area contributed by atoms with Crippen molar-refractivity contribution in [2.75, 3.05) is 11.9 Å². The summed E-state index contributed by atoms with van der Waals surface area (Å²) in [5, 5.41) is 15.2. The minimum absolute atomic E-state index is 0.0592. The van der Waals surface area contributed by atoms with Crippen molar-refractivity contribution in [2.24, 2.45) is 0 Å². The van der Waals surface area contributed by atoms with Gasteiger partial charge in [-0.05, 0) is 49.2 Å². The molecule has 0 aliphatic carbocycles. The van der Waals surface area contributed by atoms with Gasteiger partial charge in [-0.25, -0.2) is 13.6 Å². The van der Waals surface area contributed by atoms with Crippen LogP contribution in [0.25, 0.3) is 0 Å². The van der Waals surface area contributed by atoms with Crippen molar-refractivity contribution in [2.45, 2.75) is 19.4 Å². The lowest BCUT2D eigenvalue weighted by molar-refractivity contribution is 0.0599. The summed E-state index contributed by atoms with van der Waals surface area (Å²) in [6, 6.07) is 9.06. The molecule has 0 saturated carbocycles. The van der Waals surface area contributed by atoms with Gasteiger partial charge < -0.3 is 15.7 Å². The molecule has 6 heteroatoms. The molecule has 4 nitrogen and oxygen atoms in total. The molecule has 23 heavy (non-hydrogen) atoms. The van der Waals surface area contributed by atoms with E-state index < -0.39 is 23.3 Å². The van der Waals surface area contributed by atoms with Crippen LogP contribution in [0.4, 0.5) is 19.3 Å². The van der Waals surface area contributed by atoms with E-state index in [0.717, 1.165) is 5.56 Å². The highest BCUT2D eigenvalue weighted by molar-refractivity contribution is 5.89. The fourth-order valence-corrected chi connectivity index (χ4v) is 2.06. The summed E-state index contributed by atoms with van der Waals surface area (Å²) in [4.78, 5) is 11.8. The topological polar surface area (TPSA) is 61.4 Å². The molecule has 1 unspecified atom stereocenters. The molecular weight excluding hydrogens is 302 g/mol. The number of rotatable bonds is 4.